The SMILES string of the molecule is CC(=O)N(C)CC(=O)OCOC(=O)N(C)[C@]1(c2ccccc2Cl)CCCCC1=O. The van der Waals surface area contributed by atoms with Crippen LogP contribution in [0.2, 0.25) is 5.02 Å². The van der Waals surface area contributed by atoms with Crippen LogP contribution in [0, 0.1) is 0 Å². The van der Waals surface area contributed by atoms with E-state index in [1.54, 1.807) is 24.3 Å². The molecule has 0 radical (unpaired) electrons. The van der Waals surface area contributed by atoms with Gasteiger partial charge in [-0.1, -0.05) is 29.8 Å². The van der Waals surface area contributed by atoms with Crippen molar-refractivity contribution in [3.8, 4) is 0 Å². The molecule has 0 bridgehead atoms. The number of hydrogen-bond donors (Lipinski definition) is 0. The molecule has 1 saturated carbocycles. The highest BCUT2D eigenvalue weighted by molar-refractivity contribution is 6.31. The number of Topliss-reactive ketones (excluding diaryl/α,β-unsaturated/α-hetero) is 1. The zero-order valence-electron chi connectivity index (χ0n) is 16.8. The summed E-state index contributed by atoms with van der Waals surface area (Å²) in [4.78, 5) is 50.8. The van der Waals surface area contributed by atoms with E-state index < -0.39 is 24.4 Å². The number of esters is 1. The Labute approximate surface area is 174 Å². The van der Waals surface area contributed by atoms with Crippen molar-refractivity contribution in [3.63, 3.8) is 0 Å². The van der Waals surface area contributed by atoms with E-state index in [1.807, 2.05) is 0 Å². The second kappa shape index (κ2) is 9.73. The molecule has 1 aliphatic carbocycles. The van der Waals surface area contributed by atoms with Gasteiger partial charge in [-0.2, -0.15) is 0 Å². The Morgan fingerprint density at radius 1 is 1.14 bits per heavy atom. The van der Waals surface area contributed by atoms with Crippen LogP contribution >= 0.6 is 11.6 Å². The van der Waals surface area contributed by atoms with Gasteiger partial charge in [0, 0.05) is 38.0 Å². The lowest BCUT2D eigenvalue weighted by molar-refractivity contribution is -0.156. The van der Waals surface area contributed by atoms with E-state index in [1.165, 1.54) is 30.8 Å². The normalized spacial score (nSPS) is 18.7. The number of ether oxygens (including phenoxy) is 2. The first-order valence-corrected chi connectivity index (χ1v) is 9.64. The van der Waals surface area contributed by atoms with Gasteiger partial charge in [0.1, 0.15) is 12.1 Å². The minimum Gasteiger partial charge on any atom is -0.426 e. The van der Waals surface area contributed by atoms with Gasteiger partial charge in [-0.25, -0.2) is 4.79 Å². The average molecular weight is 425 g/mol. The monoisotopic (exact) mass is 424 g/mol. The Morgan fingerprint density at radius 2 is 1.83 bits per heavy atom. The van der Waals surface area contributed by atoms with Gasteiger partial charge in [0.2, 0.25) is 12.7 Å². The van der Waals surface area contributed by atoms with E-state index in [0.717, 1.165) is 12.8 Å². The van der Waals surface area contributed by atoms with Gasteiger partial charge >= 0.3 is 12.1 Å². The largest absolute Gasteiger partial charge is 0.426 e. The minimum absolute atomic E-state index is 0.114. The third-order valence-electron chi connectivity index (χ3n) is 5.13. The molecule has 29 heavy (non-hydrogen) atoms. The average Bonchev–Trinajstić information content (AvgIpc) is 2.68. The summed E-state index contributed by atoms with van der Waals surface area (Å²) in [5.74, 6) is -1.12. The minimum atomic E-state index is -1.23. The predicted octanol–water partition coefficient (Wildman–Crippen LogP) is 2.73. The molecule has 0 unspecified atom stereocenters. The Bertz CT molecular complexity index is 799. The summed E-state index contributed by atoms with van der Waals surface area (Å²) in [6, 6.07) is 6.92. The van der Waals surface area contributed by atoms with Gasteiger partial charge in [-0.15, -0.1) is 0 Å². The maximum Gasteiger partial charge on any atom is 0.413 e. The number of carbonyl (C=O) groups is 4. The summed E-state index contributed by atoms with van der Waals surface area (Å²) in [5, 5.41) is 0.390. The first-order valence-electron chi connectivity index (χ1n) is 9.26. The zero-order chi connectivity index (χ0) is 21.6. The second-order valence-electron chi connectivity index (χ2n) is 6.95. The highest BCUT2D eigenvalue weighted by Gasteiger charge is 2.48. The van der Waals surface area contributed by atoms with Crippen molar-refractivity contribution < 1.29 is 28.7 Å². The molecule has 2 amide bonds. The smallest absolute Gasteiger partial charge is 0.413 e. The van der Waals surface area contributed by atoms with E-state index in [2.05, 4.69) is 0 Å². The lowest BCUT2D eigenvalue weighted by Crippen LogP contribution is -2.54. The highest BCUT2D eigenvalue weighted by Crippen LogP contribution is 2.42. The van der Waals surface area contributed by atoms with E-state index in [0.29, 0.717) is 23.4 Å². The molecule has 0 aliphatic heterocycles. The fourth-order valence-electron chi connectivity index (χ4n) is 3.38. The van der Waals surface area contributed by atoms with Crippen molar-refractivity contribution in [1.82, 2.24) is 9.80 Å². The summed E-state index contributed by atoms with van der Waals surface area (Å²) in [6.07, 6.45) is 1.43. The summed E-state index contributed by atoms with van der Waals surface area (Å²) in [5.41, 5.74) is -0.683. The molecule has 1 aromatic rings. The van der Waals surface area contributed by atoms with Crippen LogP contribution in [0.3, 0.4) is 0 Å². The molecule has 1 aliphatic rings. The molecule has 2 rings (SSSR count). The van der Waals surface area contributed by atoms with Gasteiger partial charge in [0.25, 0.3) is 0 Å². The quantitative estimate of drug-likeness (QED) is 0.515. The molecule has 0 heterocycles. The first kappa shape index (κ1) is 22.7. The lowest BCUT2D eigenvalue weighted by atomic mass is 9.74. The third-order valence-corrected chi connectivity index (χ3v) is 5.46. The van der Waals surface area contributed by atoms with Gasteiger partial charge in [-0.3, -0.25) is 19.3 Å². The number of likely N-dealkylation sites (N-methyl/N-ethyl adjacent to an activating group) is 2. The van der Waals surface area contributed by atoms with Gasteiger partial charge < -0.3 is 14.4 Å². The van der Waals surface area contributed by atoms with Crippen LogP contribution in [0.1, 0.15) is 38.2 Å². The predicted molar refractivity (Wildman–Crippen MR) is 105 cm³/mol. The Morgan fingerprint density at radius 3 is 2.45 bits per heavy atom. The van der Waals surface area contributed by atoms with Crippen molar-refractivity contribution in [2.45, 2.75) is 38.1 Å². The number of halogens is 1. The molecule has 8 nitrogen and oxygen atoms in total. The molecule has 158 valence electrons. The maximum absolute atomic E-state index is 13.0. The summed E-state index contributed by atoms with van der Waals surface area (Å²) >= 11 is 6.35. The number of carbonyl (C=O) groups excluding carboxylic acids is 4. The molecular formula is C20H25ClN2O6. The Balaban J connectivity index is 2.10. The van der Waals surface area contributed by atoms with Crippen LogP contribution in [-0.4, -0.2) is 61.0 Å². The standard InChI is InChI=1S/C20H25ClN2O6/c1-14(24)22(2)12-18(26)28-13-29-19(27)23(3)20(11-7-6-10-17(20)25)15-8-4-5-9-16(15)21/h4-5,8-9H,6-7,10-13H2,1-3H3/t20-/m0/s1. The fraction of sp³-hybridized carbons (Fsp3) is 0.500. The topological polar surface area (TPSA) is 93.2 Å². The molecule has 0 spiro atoms. The first-order chi connectivity index (χ1) is 13.7. The van der Waals surface area contributed by atoms with Crippen LogP contribution in [0.4, 0.5) is 4.79 Å². The van der Waals surface area contributed by atoms with Crippen LogP contribution < -0.4 is 0 Å². The molecule has 1 aromatic carbocycles. The fourth-order valence-corrected chi connectivity index (χ4v) is 3.67. The van der Waals surface area contributed by atoms with E-state index in [4.69, 9.17) is 21.1 Å². The van der Waals surface area contributed by atoms with E-state index in [-0.39, 0.29) is 18.2 Å². The summed E-state index contributed by atoms with van der Waals surface area (Å²) < 4.78 is 9.90. The summed E-state index contributed by atoms with van der Waals surface area (Å²) in [6.45, 7) is 0.433. The number of rotatable bonds is 6. The van der Waals surface area contributed by atoms with Crippen LogP contribution in [0.5, 0.6) is 0 Å². The van der Waals surface area contributed by atoms with Gasteiger partial charge in [-0.05, 0) is 25.3 Å². The maximum atomic E-state index is 13.0. The van der Waals surface area contributed by atoms with Crippen molar-refractivity contribution in [2.24, 2.45) is 0 Å². The van der Waals surface area contributed by atoms with Crippen LogP contribution in [0.25, 0.3) is 0 Å². The Hall–Kier alpha value is -2.61. The van der Waals surface area contributed by atoms with Crippen LogP contribution in [0.15, 0.2) is 24.3 Å². The molecular weight excluding hydrogens is 400 g/mol. The van der Waals surface area contributed by atoms with Crippen LogP contribution in [-0.2, 0) is 29.4 Å². The lowest BCUT2D eigenvalue weighted by Gasteiger charge is -2.43. The number of ketones is 1. The zero-order valence-corrected chi connectivity index (χ0v) is 17.5. The molecule has 0 aromatic heterocycles. The van der Waals surface area contributed by atoms with Crippen molar-refractivity contribution in [2.75, 3.05) is 27.4 Å². The molecule has 9 heteroatoms. The van der Waals surface area contributed by atoms with Crippen molar-refractivity contribution in [3.05, 3.63) is 34.9 Å². The van der Waals surface area contributed by atoms with Gasteiger partial charge in [0.05, 0.1) is 0 Å². The Kier molecular flexibility index (Phi) is 7.61. The summed E-state index contributed by atoms with van der Waals surface area (Å²) in [7, 11) is 2.92. The van der Waals surface area contributed by atoms with Gasteiger partial charge in [0.15, 0.2) is 5.78 Å². The second-order valence-corrected chi connectivity index (χ2v) is 7.36. The third kappa shape index (κ3) is 5.06. The molecule has 0 N–H and O–H groups in total. The van der Waals surface area contributed by atoms with Crippen molar-refractivity contribution >= 4 is 35.4 Å². The molecule has 0 saturated heterocycles. The number of amides is 2. The highest BCUT2D eigenvalue weighted by atomic mass is 35.5. The van der Waals surface area contributed by atoms with E-state index >= 15 is 0 Å². The molecule has 1 atom stereocenters. The molecule has 1 fully saturated rings. The van der Waals surface area contributed by atoms with E-state index in [9.17, 15) is 19.2 Å². The number of hydrogen-bond acceptors (Lipinski definition) is 6. The number of nitrogens with zero attached hydrogens (tertiary/aromatic N) is 2. The number of benzene rings is 1. The van der Waals surface area contributed by atoms with Crippen molar-refractivity contribution in [1.29, 1.82) is 0 Å².